The molecule has 0 radical (unpaired) electrons. The fraction of sp³-hybridized carbons (Fsp3) is 0.0909. The average Bonchev–Trinajstić information content (AvgIpc) is 2.57. The average molecular weight is 235 g/mol. The highest BCUT2D eigenvalue weighted by atomic mass is 16.5. The van der Waals surface area contributed by atoms with Gasteiger partial charge in [0, 0.05) is 6.08 Å². The molecule has 2 N–H and O–H groups in total. The van der Waals surface area contributed by atoms with Crippen molar-refractivity contribution in [3.8, 4) is 11.5 Å². The summed E-state index contributed by atoms with van der Waals surface area (Å²) in [6.07, 6.45) is 1.00. The molecule has 1 heterocycles. The molecular weight excluding hydrogens is 226 g/mol. The van der Waals surface area contributed by atoms with Gasteiger partial charge in [0.1, 0.15) is 0 Å². The smallest absolute Gasteiger partial charge is 0.285 e. The second-order valence-electron chi connectivity index (χ2n) is 3.40. The van der Waals surface area contributed by atoms with Gasteiger partial charge in [-0.15, -0.1) is 5.06 Å². The van der Waals surface area contributed by atoms with Gasteiger partial charge in [-0.25, -0.2) is 0 Å². The molecule has 0 saturated carbocycles. The van der Waals surface area contributed by atoms with Crippen LogP contribution in [0.4, 0.5) is 0 Å². The molecule has 1 aliphatic rings. The lowest BCUT2D eigenvalue weighted by Crippen LogP contribution is -2.26. The second-order valence-corrected chi connectivity index (χ2v) is 3.40. The first-order valence-electron chi connectivity index (χ1n) is 4.71. The van der Waals surface area contributed by atoms with Crippen LogP contribution < -0.4 is 4.74 Å². The molecule has 0 unspecified atom stereocenters. The maximum Gasteiger partial charge on any atom is 0.285 e. The Morgan fingerprint density at radius 2 is 2.00 bits per heavy atom. The molecule has 2 amide bonds. The van der Waals surface area contributed by atoms with Gasteiger partial charge in [0.2, 0.25) is 0 Å². The van der Waals surface area contributed by atoms with E-state index in [1.165, 1.54) is 25.3 Å². The zero-order valence-corrected chi connectivity index (χ0v) is 8.88. The first-order valence-corrected chi connectivity index (χ1v) is 4.71. The predicted octanol–water partition coefficient (Wildman–Crippen LogP) is 0.542. The fourth-order valence-electron chi connectivity index (χ4n) is 1.52. The quantitative estimate of drug-likeness (QED) is 0.577. The summed E-state index contributed by atoms with van der Waals surface area (Å²) in [6, 6.07) is 4.26. The number of hydroxylamine groups is 2. The largest absolute Gasteiger partial charge is 0.504 e. The maximum atomic E-state index is 11.5. The van der Waals surface area contributed by atoms with Crippen LogP contribution in [0.1, 0.15) is 5.56 Å². The summed E-state index contributed by atoms with van der Waals surface area (Å²) in [4.78, 5) is 22.5. The number of carbonyl (C=O) groups excluding carboxylic acids is 2. The monoisotopic (exact) mass is 235 g/mol. The number of phenols is 1. The highest BCUT2D eigenvalue weighted by Crippen LogP contribution is 2.31. The summed E-state index contributed by atoms with van der Waals surface area (Å²) in [5.41, 5.74) is 0.355. The first kappa shape index (κ1) is 11.2. The Kier molecular flexibility index (Phi) is 2.57. The molecular formula is C11H9NO5. The Hall–Kier alpha value is -2.34. The molecule has 0 bridgehead atoms. The zero-order valence-electron chi connectivity index (χ0n) is 8.88. The minimum absolute atomic E-state index is 0.0236. The Bertz CT molecular complexity index is 535. The van der Waals surface area contributed by atoms with Gasteiger partial charge in [-0.1, -0.05) is 6.07 Å². The van der Waals surface area contributed by atoms with Crippen LogP contribution in [0.3, 0.4) is 0 Å². The van der Waals surface area contributed by atoms with Crippen LogP contribution in [0.25, 0.3) is 5.57 Å². The van der Waals surface area contributed by atoms with Crippen molar-refractivity contribution in [1.29, 1.82) is 0 Å². The van der Waals surface area contributed by atoms with Crippen molar-refractivity contribution in [2.24, 2.45) is 0 Å². The normalized spacial score (nSPS) is 15.2. The summed E-state index contributed by atoms with van der Waals surface area (Å²) >= 11 is 0. The van der Waals surface area contributed by atoms with E-state index < -0.39 is 11.8 Å². The minimum Gasteiger partial charge on any atom is -0.504 e. The van der Waals surface area contributed by atoms with Crippen LogP contribution >= 0.6 is 0 Å². The van der Waals surface area contributed by atoms with Crippen LogP contribution in [0, 0.1) is 0 Å². The summed E-state index contributed by atoms with van der Waals surface area (Å²) in [5.74, 6) is -1.52. The number of rotatable bonds is 2. The van der Waals surface area contributed by atoms with Crippen LogP contribution in [-0.4, -0.2) is 34.3 Å². The van der Waals surface area contributed by atoms with Crippen molar-refractivity contribution in [3.05, 3.63) is 29.8 Å². The first-order chi connectivity index (χ1) is 8.04. The molecule has 0 fully saturated rings. The van der Waals surface area contributed by atoms with Gasteiger partial charge in [0.05, 0.1) is 12.7 Å². The summed E-state index contributed by atoms with van der Waals surface area (Å²) in [7, 11) is 1.40. The van der Waals surface area contributed by atoms with Gasteiger partial charge in [-0.05, 0) is 17.7 Å². The summed E-state index contributed by atoms with van der Waals surface area (Å²) < 4.78 is 4.85. The molecule has 6 nitrogen and oxygen atoms in total. The van der Waals surface area contributed by atoms with E-state index in [1.807, 2.05) is 0 Å². The molecule has 0 atom stereocenters. The van der Waals surface area contributed by atoms with E-state index >= 15 is 0 Å². The Labute approximate surface area is 96.3 Å². The number of carbonyl (C=O) groups is 2. The van der Waals surface area contributed by atoms with Gasteiger partial charge < -0.3 is 9.84 Å². The van der Waals surface area contributed by atoms with Crippen LogP contribution in [0.5, 0.6) is 11.5 Å². The highest BCUT2D eigenvalue weighted by Gasteiger charge is 2.31. The van der Waals surface area contributed by atoms with Crippen molar-refractivity contribution in [2.45, 2.75) is 0 Å². The van der Waals surface area contributed by atoms with Gasteiger partial charge in [0.25, 0.3) is 11.8 Å². The van der Waals surface area contributed by atoms with Gasteiger partial charge in [0.15, 0.2) is 11.5 Å². The third-order valence-electron chi connectivity index (χ3n) is 2.39. The number of methoxy groups -OCH3 is 1. The van der Waals surface area contributed by atoms with Gasteiger partial charge in [-0.2, -0.15) is 0 Å². The molecule has 1 aromatic carbocycles. The van der Waals surface area contributed by atoms with Crippen molar-refractivity contribution in [1.82, 2.24) is 5.06 Å². The third kappa shape index (κ3) is 1.74. The SMILES string of the molecule is COc1ccc(C2=CC(=O)N(O)C2=O)cc1O. The van der Waals surface area contributed by atoms with Crippen LogP contribution in [-0.2, 0) is 9.59 Å². The number of hydrogen-bond donors (Lipinski definition) is 2. The lowest BCUT2D eigenvalue weighted by molar-refractivity contribution is -0.168. The standard InChI is InChI=1S/C11H9NO5/c1-17-9-3-2-6(4-8(9)13)7-5-10(14)12(16)11(7)15/h2-5,13,16H,1H3. The lowest BCUT2D eigenvalue weighted by atomic mass is 10.1. The van der Waals surface area contributed by atoms with E-state index in [4.69, 9.17) is 9.94 Å². The van der Waals surface area contributed by atoms with Crippen molar-refractivity contribution in [2.75, 3.05) is 7.11 Å². The third-order valence-corrected chi connectivity index (χ3v) is 2.39. The van der Waals surface area contributed by atoms with Crippen LogP contribution in [0.2, 0.25) is 0 Å². The van der Waals surface area contributed by atoms with Crippen molar-refractivity contribution >= 4 is 17.4 Å². The Balaban J connectivity index is 2.43. The number of benzene rings is 1. The number of phenolic OH excluding ortho intramolecular Hbond substituents is 1. The minimum atomic E-state index is -0.820. The summed E-state index contributed by atoms with van der Waals surface area (Å²) in [6.45, 7) is 0. The predicted molar refractivity (Wildman–Crippen MR) is 56.3 cm³/mol. The fourth-order valence-corrected chi connectivity index (χ4v) is 1.52. The molecule has 2 rings (SSSR count). The molecule has 1 aromatic rings. The zero-order chi connectivity index (χ0) is 12.6. The van der Waals surface area contributed by atoms with E-state index in [0.717, 1.165) is 6.08 Å². The molecule has 0 aromatic heterocycles. The van der Waals surface area contributed by atoms with Gasteiger partial charge in [-0.3, -0.25) is 14.8 Å². The van der Waals surface area contributed by atoms with Crippen molar-refractivity contribution < 1.29 is 24.6 Å². The topological polar surface area (TPSA) is 87.1 Å². The maximum absolute atomic E-state index is 11.5. The molecule has 0 spiro atoms. The van der Waals surface area contributed by atoms with E-state index in [2.05, 4.69) is 0 Å². The highest BCUT2D eigenvalue weighted by molar-refractivity contribution is 6.32. The number of amides is 2. The molecule has 0 saturated heterocycles. The van der Waals surface area contributed by atoms with Crippen LogP contribution in [0.15, 0.2) is 24.3 Å². The molecule has 1 aliphatic heterocycles. The number of imide groups is 1. The summed E-state index contributed by atoms with van der Waals surface area (Å²) in [5, 5.41) is 18.6. The number of aromatic hydroxyl groups is 1. The molecule has 88 valence electrons. The van der Waals surface area contributed by atoms with E-state index in [-0.39, 0.29) is 22.1 Å². The molecule has 17 heavy (non-hydrogen) atoms. The molecule has 0 aliphatic carbocycles. The molecule has 6 heteroatoms. The van der Waals surface area contributed by atoms with E-state index in [9.17, 15) is 14.7 Å². The van der Waals surface area contributed by atoms with Gasteiger partial charge >= 0.3 is 0 Å². The van der Waals surface area contributed by atoms with Crippen molar-refractivity contribution in [3.63, 3.8) is 0 Å². The number of ether oxygens (including phenoxy) is 1. The number of nitrogens with zero attached hydrogens (tertiary/aromatic N) is 1. The Morgan fingerprint density at radius 1 is 1.29 bits per heavy atom. The lowest BCUT2D eigenvalue weighted by Gasteiger charge is -2.07. The Morgan fingerprint density at radius 3 is 2.47 bits per heavy atom. The van der Waals surface area contributed by atoms with E-state index in [1.54, 1.807) is 0 Å². The number of hydrogen-bond acceptors (Lipinski definition) is 5. The second kappa shape index (κ2) is 3.91. The van der Waals surface area contributed by atoms with E-state index in [0.29, 0.717) is 5.56 Å².